The lowest BCUT2D eigenvalue weighted by atomic mass is 9.86. The van der Waals surface area contributed by atoms with Crippen LogP contribution in [0.15, 0.2) is 53.3 Å². The molecule has 1 heterocycles. The second kappa shape index (κ2) is 4.94. The van der Waals surface area contributed by atoms with E-state index < -0.39 is 11.8 Å². The van der Waals surface area contributed by atoms with Gasteiger partial charge in [-0.25, -0.2) is 0 Å². The topological polar surface area (TPSA) is 33.1 Å². The molecule has 0 aliphatic rings. The third-order valence-corrected chi connectivity index (χ3v) is 3.44. The van der Waals surface area contributed by atoms with E-state index in [2.05, 4.69) is 20.9 Å². The number of pyridine rings is 1. The van der Waals surface area contributed by atoms with Crippen molar-refractivity contribution in [1.82, 2.24) is 4.98 Å². The van der Waals surface area contributed by atoms with Crippen LogP contribution in [0.1, 0.15) is 11.1 Å². The summed E-state index contributed by atoms with van der Waals surface area (Å²) in [5.74, 6) is 0. The number of alkyl halides is 3. The number of benzene rings is 1. The van der Waals surface area contributed by atoms with Gasteiger partial charge in [0.15, 0.2) is 0 Å². The molecule has 1 N–H and O–H groups in total. The number of hydrogen-bond acceptors (Lipinski definition) is 2. The summed E-state index contributed by atoms with van der Waals surface area (Å²) < 4.78 is 40.3. The SMILES string of the molecule is OC(c1cccnc1)(c1ccccc1Br)C(F)(F)F. The first kappa shape index (κ1) is 14.0. The van der Waals surface area contributed by atoms with Crippen molar-refractivity contribution < 1.29 is 18.3 Å². The van der Waals surface area contributed by atoms with Gasteiger partial charge in [-0.05, 0) is 12.1 Å². The summed E-state index contributed by atoms with van der Waals surface area (Å²) in [5.41, 5.74) is -3.69. The van der Waals surface area contributed by atoms with E-state index in [1.165, 1.54) is 36.5 Å². The monoisotopic (exact) mass is 331 g/mol. The van der Waals surface area contributed by atoms with E-state index in [1.807, 2.05) is 0 Å². The molecule has 2 aromatic rings. The van der Waals surface area contributed by atoms with Gasteiger partial charge in [-0.1, -0.05) is 40.2 Å². The smallest absolute Gasteiger partial charge is 0.372 e. The maximum absolute atomic E-state index is 13.4. The van der Waals surface area contributed by atoms with E-state index in [9.17, 15) is 18.3 Å². The highest BCUT2D eigenvalue weighted by atomic mass is 79.9. The second-order valence-corrected chi connectivity index (χ2v) is 4.78. The Labute approximate surface area is 116 Å². The molecule has 19 heavy (non-hydrogen) atoms. The zero-order valence-electron chi connectivity index (χ0n) is 9.53. The molecule has 2 nitrogen and oxygen atoms in total. The van der Waals surface area contributed by atoms with Crippen LogP contribution < -0.4 is 0 Å². The molecule has 0 aliphatic carbocycles. The molecule has 1 unspecified atom stereocenters. The number of halogens is 4. The molecule has 0 bridgehead atoms. The van der Waals surface area contributed by atoms with Crippen LogP contribution >= 0.6 is 15.9 Å². The van der Waals surface area contributed by atoms with Crippen LogP contribution in [0, 0.1) is 0 Å². The third-order valence-electron chi connectivity index (χ3n) is 2.75. The maximum atomic E-state index is 13.4. The van der Waals surface area contributed by atoms with Crippen molar-refractivity contribution >= 4 is 15.9 Å². The van der Waals surface area contributed by atoms with E-state index in [0.29, 0.717) is 0 Å². The van der Waals surface area contributed by atoms with Crippen molar-refractivity contribution in [3.05, 3.63) is 64.4 Å². The summed E-state index contributed by atoms with van der Waals surface area (Å²) in [5, 5.41) is 10.3. The van der Waals surface area contributed by atoms with Gasteiger partial charge in [0.2, 0.25) is 5.60 Å². The van der Waals surface area contributed by atoms with Crippen molar-refractivity contribution in [2.75, 3.05) is 0 Å². The molecular weight excluding hydrogens is 323 g/mol. The minimum atomic E-state index is -4.86. The molecule has 100 valence electrons. The molecule has 2 rings (SSSR count). The molecule has 0 aliphatic heterocycles. The Kier molecular flexibility index (Phi) is 3.64. The van der Waals surface area contributed by atoms with Gasteiger partial charge < -0.3 is 5.11 Å². The number of nitrogens with zero attached hydrogens (tertiary/aromatic N) is 1. The van der Waals surface area contributed by atoms with Gasteiger partial charge in [-0.3, -0.25) is 4.98 Å². The average Bonchev–Trinajstić information content (AvgIpc) is 2.38. The molecule has 1 aromatic heterocycles. The van der Waals surface area contributed by atoms with Crippen LogP contribution in [0.2, 0.25) is 0 Å². The van der Waals surface area contributed by atoms with E-state index in [-0.39, 0.29) is 15.6 Å². The van der Waals surface area contributed by atoms with Gasteiger partial charge >= 0.3 is 6.18 Å². The van der Waals surface area contributed by atoms with Gasteiger partial charge in [-0.15, -0.1) is 0 Å². The second-order valence-electron chi connectivity index (χ2n) is 3.93. The largest absolute Gasteiger partial charge is 0.425 e. The van der Waals surface area contributed by atoms with Crippen molar-refractivity contribution in [1.29, 1.82) is 0 Å². The summed E-state index contributed by atoms with van der Waals surface area (Å²) >= 11 is 3.04. The molecule has 0 amide bonds. The first-order valence-electron chi connectivity index (χ1n) is 5.32. The van der Waals surface area contributed by atoms with Crippen molar-refractivity contribution in [2.24, 2.45) is 0 Å². The Hall–Kier alpha value is -1.40. The average molecular weight is 332 g/mol. The predicted molar refractivity (Wildman–Crippen MR) is 67.4 cm³/mol. The minimum absolute atomic E-state index is 0.179. The summed E-state index contributed by atoms with van der Waals surface area (Å²) in [4.78, 5) is 3.64. The molecule has 6 heteroatoms. The molecule has 0 saturated carbocycles. The first-order chi connectivity index (χ1) is 8.87. The third kappa shape index (κ3) is 2.37. The molecule has 1 aromatic carbocycles. The highest BCUT2D eigenvalue weighted by molar-refractivity contribution is 9.10. The zero-order chi connectivity index (χ0) is 14.1. The minimum Gasteiger partial charge on any atom is -0.372 e. The maximum Gasteiger partial charge on any atom is 0.425 e. The molecule has 0 radical (unpaired) electrons. The van der Waals surface area contributed by atoms with Crippen molar-refractivity contribution in [3.63, 3.8) is 0 Å². The standard InChI is InChI=1S/C13H9BrF3NO/c14-11-6-2-1-5-10(11)12(19,13(15,16)17)9-4-3-7-18-8-9/h1-8,19H. The van der Waals surface area contributed by atoms with Gasteiger partial charge in [0.1, 0.15) is 0 Å². The lowest BCUT2D eigenvalue weighted by Crippen LogP contribution is -2.43. The number of aromatic nitrogens is 1. The van der Waals surface area contributed by atoms with Crippen molar-refractivity contribution in [2.45, 2.75) is 11.8 Å². The van der Waals surface area contributed by atoms with Gasteiger partial charge in [-0.2, -0.15) is 13.2 Å². The van der Waals surface area contributed by atoms with E-state index in [0.717, 1.165) is 6.20 Å². The van der Waals surface area contributed by atoms with Crippen LogP contribution in [0.5, 0.6) is 0 Å². The number of aliphatic hydroxyl groups is 1. The molecular formula is C13H9BrF3NO. The summed E-state index contributed by atoms with van der Waals surface area (Å²) in [6, 6.07) is 8.23. The van der Waals surface area contributed by atoms with E-state index in [1.54, 1.807) is 6.07 Å². The lowest BCUT2D eigenvalue weighted by Gasteiger charge is -2.31. The summed E-state index contributed by atoms with van der Waals surface area (Å²) in [6.07, 6.45) is -2.51. The normalized spacial score (nSPS) is 15.0. The Balaban J connectivity index is 2.71. The highest BCUT2D eigenvalue weighted by Gasteiger charge is 2.57. The molecule has 0 saturated heterocycles. The molecule has 0 fully saturated rings. The van der Waals surface area contributed by atoms with E-state index >= 15 is 0 Å². The van der Waals surface area contributed by atoms with Crippen LogP contribution in [-0.2, 0) is 5.60 Å². The van der Waals surface area contributed by atoms with Crippen LogP contribution in [0.25, 0.3) is 0 Å². The van der Waals surface area contributed by atoms with Gasteiger partial charge in [0.25, 0.3) is 0 Å². The van der Waals surface area contributed by atoms with Crippen LogP contribution in [0.3, 0.4) is 0 Å². The van der Waals surface area contributed by atoms with Gasteiger partial charge in [0.05, 0.1) is 0 Å². The fourth-order valence-electron chi connectivity index (χ4n) is 1.80. The van der Waals surface area contributed by atoms with Crippen LogP contribution in [0.4, 0.5) is 13.2 Å². The Bertz CT molecular complexity index is 574. The van der Waals surface area contributed by atoms with Crippen LogP contribution in [-0.4, -0.2) is 16.3 Å². The van der Waals surface area contributed by atoms with Gasteiger partial charge in [0, 0.05) is 28.0 Å². The first-order valence-corrected chi connectivity index (χ1v) is 6.11. The summed E-state index contributed by atoms with van der Waals surface area (Å²) in [6.45, 7) is 0. The zero-order valence-corrected chi connectivity index (χ0v) is 11.1. The Morgan fingerprint density at radius 2 is 1.74 bits per heavy atom. The fourth-order valence-corrected chi connectivity index (χ4v) is 2.37. The fraction of sp³-hybridized carbons (Fsp3) is 0.154. The Morgan fingerprint density at radius 3 is 2.26 bits per heavy atom. The predicted octanol–water partition coefficient (Wildman–Crippen LogP) is 3.64. The van der Waals surface area contributed by atoms with E-state index in [4.69, 9.17) is 0 Å². The lowest BCUT2D eigenvalue weighted by molar-refractivity contribution is -0.248. The number of rotatable bonds is 2. The number of hydrogen-bond donors (Lipinski definition) is 1. The van der Waals surface area contributed by atoms with Crippen molar-refractivity contribution in [3.8, 4) is 0 Å². The highest BCUT2D eigenvalue weighted by Crippen LogP contribution is 2.46. The molecule has 0 spiro atoms. The quantitative estimate of drug-likeness (QED) is 0.911. The Morgan fingerprint density at radius 1 is 1.05 bits per heavy atom. The molecule has 1 atom stereocenters. The summed E-state index contributed by atoms with van der Waals surface area (Å²) in [7, 11) is 0.